The van der Waals surface area contributed by atoms with Crippen LogP contribution in [0.25, 0.3) is 17.0 Å². The van der Waals surface area contributed by atoms with E-state index in [1.165, 1.54) is 12.3 Å². The molecule has 3 heterocycles. The van der Waals surface area contributed by atoms with Gasteiger partial charge in [0, 0.05) is 5.39 Å². The summed E-state index contributed by atoms with van der Waals surface area (Å²) in [5.41, 5.74) is 1.37. The molecule has 0 unspecified atom stereocenters. The van der Waals surface area contributed by atoms with Gasteiger partial charge in [0.15, 0.2) is 0 Å². The third-order valence-electron chi connectivity index (χ3n) is 4.31. The van der Waals surface area contributed by atoms with Gasteiger partial charge in [-0.05, 0) is 17.7 Å². The summed E-state index contributed by atoms with van der Waals surface area (Å²) >= 11 is 0. The average Bonchev–Trinajstić information content (AvgIpc) is 3.11. The molecular weight excluding hydrogens is 368 g/mol. The molecule has 0 fully saturated rings. The summed E-state index contributed by atoms with van der Waals surface area (Å²) in [6.07, 6.45) is 4.60. The van der Waals surface area contributed by atoms with Crippen LogP contribution in [0.1, 0.15) is 23.8 Å². The van der Waals surface area contributed by atoms with Gasteiger partial charge in [-0.1, -0.05) is 36.4 Å². The average molecular weight is 385 g/mol. The van der Waals surface area contributed by atoms with E-state index >= 15 is 0 Å². The molecule has 7 nitrogen and oxygen atoms in total. The molecule has 0 radical (unpaired) electrons. The second-order valence-corrected chi connectivity index (χ2v) is 6.20. The molecule has 2 amide bonds. The number of anilines is 1. The first kappa shape index (κ1) is 18.1. The second kappa shape index (κ2) is 7.73. The number of ether oxygens (including phenoxy) is 1. The van der Waals surface area contributed by atoms with Crippen LogP contribution in [-0.2, 0) is 4.74 Å². The second-order valence-electron chi connectivity index (χ2n) is 6.20. The van der Waals surface area contributed by atoms with Gasteiger partial charge < -0.3 is 10.1 Å². The quantitative estimate of drug-likeness (QED) is 0.704. The first-order valence-corrected chi connectivity index (χ1v) is 8.65. The van der Waals surface area contributed by atoms with Crippen LogP contribution in [0.5, 0.6) is 0 Å². The summed E-state index contributed by atoms with van der Waals surface area (Å²) in [5.74, 6) is 0.242. The molecule has 1 aromatic carbocycles. The minimum Gasteiger partial charge on any atom is -0.375 e. The number of nitrogens with zero attached hydrogens (tertiary/aromatic N) is 3. The maximum absolute atomic E-state index is 13.2. The Labute approximate surface area is 159 Å². The van der Waals surface area contributed by atoms with Gasteiger partial charge in [-0.2, -0.15) is 13.9 Å². The highest BCUT2D eigenvalue weighted by molar-refractivity contribution is 5.93. The lowest BCUT2D eigenvalue weighted by Gasteiger charge is -2.20. The van der Waals surface area contributed by atoms with Crippen molar-refractivity contribution >= 4 is 28.8 Å². The fraction of sp³-hybridized carbons (Fsp3) is 0.211. The summed E-state index contributed by atoms with van der Waals surface area (Å²) in [5, 5.41) is 9.68. The zero-order chi connectivity index (χ0) is 19.5. The number of alkyl halides is 2. The monoisotopic (exact) mass is 385 g/mol. The molecule has 1 aliphatic heterocycles. The molecule has 1 aliphatic rings. The summed E-state index contributed by atoms with van der Waals surface area (Å²) in [7, 11) is 0. The number of pyridine rings is 1. The summed E-state index contributed by atoms with van der Waals surface area (Å²) in [6, 6.07) is 10.1. The minimum absolute atomic E-state index is 0.191. The van der Waals surface area contributed by atoms with Crippen molar-refractivity contribution in [2.75, 3.05) is 18.5 Å². The van der Waals surface area contributed by atoms with Gasteiger partial charge >= 0.3 is 12.6 Å². The standard InChI is InChI=1S/C19H17F2N5O2/c20-18(21)26-17-13(10-22-26)9-16-23-14(17)7-4-8-28-11-15(24-19(27)25-16)12-5-2-1-3-6-12/h1-7,9-10,15,18H,8,11H2,(H2,23,24,25,27)/t15-/m1/s1. The van der Waals surface area contributed by atoms with E-state index in [0.717, 1.165) is 5.56 Å². The lowest BCUT2D eigenvalue weighted by atomic mass is 10.1. The largest absolute Gasteiger partial charge is 0.375 e. The highest BCUT2D eigenvalue weighted by atomic mass is 19.3. The van der Waals surface area contributed by atoms with Crippen LogP contribution >= 0.6 is 0 Å². The van der Waals surface area contributed by atoms with Gasteiger partial charge in [0.05, 0.1) is 31.1 Å². The fourth-order valence-corrected chi connectivity index (χ4v) is 3.07. The molecule has 3 aromatic rings. The number of benzene rings is 1. The maximum Gasteiger partial charge on any atom is 0.333 e. The molecule has 0 spiro atoms. The molecule has 2 N–H and O–H groups in total. The van der Waals surface area contributed by atoms with Crippen LogP contribution in [0, 0.1) is 0 Å². The van der Waals surface area contributed by atoms with Gasteiger partial charge in [-0.3, -0.25) is 5.32 Å². The summed E-state index contributed by atoms with van der Waals surface area (Å²) < 4.78 is 32.7. The number of urea groups is 1. The van der Waals surface area contributed by atoms with E-state index in [0.29, 0.717) is 10.1 Å². The van der Waals surface area contributed by atoms with E-state index in [4.69, 9.17) is 4.74 Å². The normalized spacial score (nSPS) is 17.7. The third-order valence-corrected chi connectivity index (χ3v) is 4.31. The van der Waals surface area contributed by atoms with E-state index in [9.17, 15) is 13.6 Å². The highest BCUT2D eigenvalue weighted by Crippen LogP contribution is 2.26. The molecule has 28 heavy (non-hydrogen) atoms. The Bertz CT molecular complexity index is 1020. The first-order valence-electron chi connectivity index (χ1n) is 8.65. The molecular formula is C19H17F2N5O2. The molecule has 2 bridgehead atoms. The Kier molecular flexibility index (Phi) is 4.98. The van der Waals surface area contributed by atoms with Crippen molar-refractivity contribution in [1.82, 2.24) is 20.1 Å². The molecule has 1 atom stereocenters. The van der Waals surface area contributed by atoms with Crippen molar-refractivity contribution in [3.8, 4) is 0 Å². The number of amides is 2. The van der Waals surface area contributed by atoms with Gasteiger partial charge in [0.25, 0.3) is 0 Å². The lowest BCUT2D eigenvalue weighted by Crippen LogP contribution is -2.35. The number of halogens is 2. The molecule has 0 saturated heterocycles. The molecule has 4 rings (SSSR count). The Hall–Kier alpha value is -3.33. The SMILES string of the molecule is O=C1Nc2cc3cnn(C(F)F)c3c(n2)C=CCOC[C@H](c2ccccc2)N1. The smallest absolute Gasteiger partial charge is 0.333 e. The van der Waals surface area contributed by atoms with Crippen LogP contribution in [-0.4, -0.2) is 34.0 Å². The Morgan fingerprint density at radius 2 is 2.07 bits per heavy atom. The Morgan fingerprint density at radius 1 is 1.25 bits per heavy atom. The Balaban J connectivity index is 1.69. The number of rotatable bonds is 2. The van der Waals surface area contributed by atoms with Crippen LogP contribution in [0.3, 0.4) is 0 Å². The highest BCUT2D eigenvalue weighted by Gasteiger charge is 2.19. The van der Waals surface area contributed by atoms with E-state index in [2.05, 4.69) is 20.7 Å². The number of hydrogen-bond donors (Lipinski definition) is 2. The van der Waals surface area contributed by atoms with E-state index in [1.54, 1.807) is 12.2 Å². The third kappa shape index (κ3) is 3.70. The van der Waals surface area contributed by atoms with Gasteiger partial charge in [-0.15, -0.1) is 0 Å². The fourth-order valence-electron chi connectivity index (χ4n) is 3.07. The predicted octanol–water partition coefficient (Wildman–Crippen LogP) is 3.73. The Morgan fingerprint density at radius 3 is 2.86 bits per heavy atom. The van der Waals surface area contributed by atoms with E-state index in [-0.39, 0.29) is 36.3 Å². The topological polar surface area (TPSA) is 81.1 Å². The van der Waals surface area contributed by atoms with Crippen LogP contribution < -0.4 is 10.6 Å². The zero-order valence-electron chi connectivity index (χ0n) is 14.7. The van der Waals surface area contributed by atoms with Gasteiger partial charge in [-0.25, -0.2) is 14.5 Å². The number of fused-ring (bicyclic) bond motifs is 4. The van der Waals surface area contributed by atoms with Gasteiger partial charge in [0.2, 0.25) is 0 Å². The minimum atomic E-state index is -2.80. The van der Waals surface area contributed by atoms with Crippen molar-refractivity contribution in [3.63, 3.8) is 0 Å². The van der Waals surface area contributed by atoms with Crippen molar-refractivity contribution in [3.05, 3.63) is 59.9 Å². The number of hydrogen-bond acceptors (Lipinski definition) is 4. The van der Waals surface area contributed by atoms with Crippen molar-refractivity contribution < 1.29 is 18.3 Å². The summed E-state index contributed by atoms with van der Waals surface area (Å²) in [6.45, 7) is -2.30. The molecule has 0 saturated carbocycles. The van der Waals surface area contributed by atoms with Crippen molar-refractivity contribution in [1.29, 1.82) is 0 Å². The van der Waals surface area contributed by atoms with Crippen LogP contribution in [0.15, 0.2) is 48.7 Å². The zero-order valence-corrected chi connectivity index (χ0v) is 14.7. The number of nitrogens with one attached hydrogen (secondary N) is 2. The number of carbonyl (C=O) groups excluding carboxylic acids is 1. The number of carbonyl (C=O) groups is 1. The predicted molar refractivity (Wildman–Crippen MR) is 100.0 cm³/mol. The first-order chi connectivity index (χ1) is 13.6. The van der Waals surface area contributed by atoms with Crippen molar-refractivity contribution in [2.24, 2.45) is 0 Å². The van der Waals surface area contributed by atoms with Crippen LogP contribution in [0.2, 0.25) is 0 Å². The summed E-state index contributed by atoms with van der Waals surface area (Å²) in [4.78, 5) is 16.8. The van der Waals surface area contributed by atoms with Gasteiger partial charge in [0.1, 0.15) is 11.3 Å². The lowest BCUT2D eigenvalue weighted by molar-refractivity contribution is 0.0614. The number of aromatic nitrogens is 3. The molecule has 144 valence electrons. The van der Waals surface area contributed by atoms with E-state index in [1.807, 2.05) is 30.3 Å². The van der Waals surface area contributed by atoms with Crippen molar-refractivity contribution in [2.45, 2.75) is 12.6 Å². The molecule has 0 aliphatic carbocycles. The maximum atomic E-state index is 13.2. The molecule has 2 aromatic heterocycles. The molecule has 9 heteroatoms. The van der Waals surface area contributed by atoms with E-state index < -0.39 is 12.6 Å². The van der Waals surface area contributed by atoms with Crippen LogP contribution in [0.4, 0.5) is 19.4 Å².